The minimum atomic E-state index is -0.258. The van der Waals surface area contributed by atoms with Crippen molar-refractivity contribution in [1.82, 2.24) is 4.98 Å². The molecular formula is C23H21N3OS. The number of carbonyl (C=O) groups excluding carboxylic acids is 1. The molecule has 5 heteroatoms. The fourth-order valence-corrected chi connectivity index (χ4v) is 4.03. The summed E-state index contributed by atoms with van der Waals surface area (Å²) >= 11 is 1.68. The molecule has 0 bridgehead atoms. The highest BCUT2D eigenvalue weighted by Gasteiger charge is 2.08. The molecule has 140 valence electrons. The van der Waals surface area contributed by atoms with Crippen LogP contribution in [0.1, 0.15) is 16.7 Å². The quantitative estimate of drug-likeness (QED) is 0.420. The van der Waals surface area contributed by atoms with E-state index >= 15 is 0 Å². The Balaban J connectivity index is 1.46. The van der Waals surface area contributed by atoms with Crippen LogP contribution in [0.5, 0.6) is 0 Å². The van der Waals surface area contributed by atoms with Gasteiger partial charge in [0.2, 0.25) is 0 Å². The molecule has 0 atom stereocenters. The molecule has 0 saturated heterocycles. The largest absolute Gasteiger partial charge is 0.323 e. The third kappa shape index (κ3) is 3.89. The number of rotatable bonds is 3. The normalized spacial score (nSPS) is 10.8. The number of hydrogen-bond donors (Lipinski definition) is 2. The van der Waals surface area contributed by atoms with Crippen molar-refractivity contribution in [2.75, 3.05) is 10.6 Å². The van der Waals surface area contributed by atoms with Gasteiger partial charge >= 0.3 is 6.03 Å². The minimum Gasteiger partial charge on any atom is -0.308 e. The van der Waals surface area contributed by atoms with E-state index in [1.165, 1.54) is 15.8 Å². The summed E-state index contributed by atoms with van der Waals surface area (Å²) in [6, 6.07) is 19.7. The summed E-state index contributed by atoms with van der Waals surface area (Å²) in [5.41, 5.74) is 7.15. The van der Waals surface area contributed by atoms with Crippen molar-refractivity contribution < 1.29 is 4.79 Å². The second-order valence-corrected chi connectivity index (χ2v) is 7.98. The lowest BCUT2D eigenvalue weighted by Crippen LogP contribution is -2.19. The van der Waals surface area contributed by atoms with Crippen LogP contribution in [0.15, 0.2) is 60.7 Å². The molecule has 1 aromatic heterocycles. The molecule has 28 heavy (non-hydrogen) atoms. The van der Waals surface area contributed by atoms with E-state index < -0.39 is 0 Å². The van der Waals surface area contributed by atoms with Gasteiger partial charge in [-0.1, -0.05) is 12.1 Å². The van der Waals surface area contributed by atoms with Crippen molar-refractivity contribution in [3.63, 3.8) is 0 Å². The maximum atomic E-state index is 12.2. The van der Waals surface area contributed by atoms with Crippen LogP contribution in [0.2, 0.25) is 0 Å². The molecule has 3 aromatic carbocycles. The molecule has 4 aromatic rings. The summed E-state index contributed by atoms with van der Waals surface area (Å²) in [6.45, 7) is 6.16. The first-order valence-electron chi connectivity index (χ1n) is 9.11. The van der Waals surface area contributed by atoms with Gasteiger partial charge in [-0.05, 0) is 86.0 Å². The van der Waals surface area contributed by atoms with Crippen molar-refractivity contribution in [2.45, 2.75) is 20.8 Å². The van der Waals surface area contributed by atoms with Gasteiger partial charge in [0.05, 0.1) is 10.2 Å². The zero-order valence-electron chi connectivity index (χ0n) is 16.0. The molecular weight excluding hydrogens is 366 g/mol. The van der Waals surface area contributed by atoms with Gasteiger partial charge < -0.3 is 10.6 Å². The molecule has 4 rings (SSSR count). The molecule has 4 nitrogen and oxygen atoms in total. The van der Waals surface area contributed by atoms with E-state index in [4.69, 9.17) is 4.98 Å². The fourth-order valence-electron chi connectivity index (χ4n) is 2.96. The number of fused-ring (bicyclic) bond motifs is 1. The highest BCUT2D eigenvalue weighted by atomic mass is 32.1. The summed E-state index contributed by atoms with van der Waals surface area (Å²) in [5, 5.41) is 6.72. The number of amides is 2. The first-order chi connectivity index (χ1) is 13.5. The van der Waals surface area contributed by atoms with Gasteiger partial charge in [0, 0.05) is 16.9 Å². The third-order valence-corrected chi connectivity index (χ3v) is 5.77. The Bertz CT molecular complexity index is 1160. The van der Waals surface area contributed by atoms with E-state index in [0.29, 0.717) is 0 Å². The molecule has 2 amide bonds. The lowest BCUT2D eigenvalue weighted by molar-refractivity contribution is 0.262. The number of urea groups is 1. The van der Waals surface area contributed by atoms with Crippen molar-refractivity contribution in [2.24, 2.45) is 0 Å². The highest BCUT2D eigenvalue weighted by Crippen LogP contribution is 2.31. The van der Waals surface area contributed by atoms with Gasteiger partial charge in [0.25, 0.3) is 0 Å². The van der Waals surface area contributed by atoms with Gasteiger partial charge in [0.1, 0.15) is 5.01 Å². The van der Waals surface area contributed by atoms with Crippen LogP contribution in [0.3, 0.4) is 0 Å². The van der Waals surface area contributed by atoms with Gasteiger partial charge in [-0.15, -0.1) is 11.3 Å². The average Bonchev–Trinajstić information content (AvgIpc) is 3.08. The zero-order valence-corrected chi connectivity index (χ0v) is 16.9. The Labute approximate surface area is 168 Å². The second-order valence-electron chi connectivity index (χ2n) is 6.95. The van der Waals surface area contributed by atoms with Crippen LogP contribution in [-0.2, 0) is 0 Å². The number of anilines is 2. The van der Waals surface area contributed by atoms with E-state index in [0.717, 1.165) is 33.0 Å². The van der Waals surface area contributed by atoms with Gasteiger partial charge in [0.15, 0.2) is 0 Å². The second kappa shape index (κ2) is 7.44. The van der Waals surface area contributed by atoms with E-state index in [-0.39, 0.29) is 6.03 Å². The monoisotopic (exact) mass is 387 g/mol. The summed E-state index contributed by atoms with van der Waals surface area (Å²) in [5.74, 6) is 0. The highest BCUT2D eigenvalue weighted by molar-refractivity contribution is 7.21. The average molecular weight is 388 g/mol. The Morgan fingerprint density at radius 1 is 0.821 bits per heavy atom. The molecule has 0 radical (unpaired) electrons. The van der Waals surface area contributed by atoms with Crippen LogP contribution in [0, 0.1) is 20.8 Å². The van der Waals surface area contributed by atoms with Crippen LogP contribution in [0.4, 0.5) is 16.2 Å². The number of benzene rings is 3. The number of nitrogens with one attached hydrogen (secondary N) is 2. The zero-order chi connectivity index (χ0) is 19.7. The molecule has 0 saturated carbocycles. The minimum absolute atomic E-state index is 0.258. The molecule has 0 unspecified atom stereocenters. The Morgan fingerprint density at radius 3 is 2.29 bits per heavy atom. The number of thiazole rings is 1. The Hall–Kier alpha value is -3.18. The molecule has 0 aliphatic heterocycles. The maximum absolute atomic E-state index is 12.2. The summed E-state index contributed by atoms with van der Waals surface area (Å²) < 4.78 is 1.19. The van der Waals surface area contributed by atoms with E-state index in [1.807, 2.05) is 56.3 Å². The summed E-state index contributed by atoms with van der Waals surface area (Å²) in [7, 11) is 0. The molecule has 0 fully saturated rings. The molecule has 0 aliphatic carbocycles. The van der Waals surface area contributed by atoms with Gasteiger partial charge in [-0.25, -0.2) is 9.78 Å². The fraction of sp³-hybridized carbons (Fsp3) is 0.130. The third-order valence-electron chi connectivity index (χ3n) is 4.70. The number of carbonyl (C=O) groups is 1. The number of hydrogen-bond acceptors (Lipinski definition) is 3. The molecule has 2 N–H and O–H groups in total. The first kappa shape index (κ1) is 18.2. The number of aromatic nitrogens is 1. The topological polar surface area (TPSA) is 54.0 Å². The van der Waals surface area contributed by atoms with Gasteiger partial charge in [-0.3, -0.25) is 0 Å². The molecule has 0 spiro atoms. The summed E-state index contributed by atoms with van der Waals surface area (Å²) in [4.78, 5) is 17.0. The smallest absolute Gasteiger partial charge is 0.308 e. The van der Waals surface area contributed by atoms with Crippen LogP contribution in [-0.4, -0.2) is 11.0 Å². The first-order valence-corrected chi connectivity index (χ1v) is 9.92. The van der Waals surface area contributed by atoms with E-state index in [9.17, 15) is 4.79 Å². The van der Waals surface area contributed by atoms with Crippen molar-refractivity contribution in [1.29, 1.82) is 0 Å². The van der Waals surface area contributed by atoms with Gasteiger partial charge in [-0.2, -0.15) is 0 Å². The van der Waals surface area contributed by atoms with Crippen molar-refractivity contribution in [3.8, 4) is 10.6 Å². The van der Waals surface area contributed by atoms with Crippen molar-refractivity contribution >= 4 is 39.0 Å². The van der Waals surface area contributed by atoms with Crippen LogP contribution in [0.25, 0.3) is 20.8 Å². The maximum Gasteiger partial charge on any atom is 0.323 e. The SMILES string of the molecule is Cc1ccc2nc(-c3ccc(NC(=O)Nc4ccc(C)c(C)c4)cc3)sc2c1. The lowest BCUT2D eigenvalue weighted by Gasteiger charge is -2.09. The van der Waals surface area contributed by atoms with Crippen LogP contribution >= 0.6 is 11.3 Å². The Kier molecular flexibility index (Phi) is 4.84. The van der Waals surface area contributed by atoms with E-state index in [2.05, 4.69) is 35.8 Å². The lowest BCUT2D eigenvalue weighted by atomic mass is 10.1. The predicted octanol–water partition coefficient (Wildman–Crippen LogP) is 6.53. The Morgan fingerprint density at radius 2 is 1.54 bits per heavy atom. The molecule has 0 aliphatic rings. The molecule has 1 heterocycles. The van der Waals surface area contributed by atoms with Crippen molar-refractivity contribution in [3.05, 3.63) is 77.4 Å². The van der Waals surface area contributed by atoms with Crippen LogP contribution < -0.4 is 10.6 Å². The number of aryl methyl sites for hydroxylation is 3. The van der Waals surface area contributed by atoms with E-state index in [1.54, 1.807) is 11.3 Å². The number of nitrogens with zero attached hydrogens (tertiary/aromatic N) is 1. The predicted molar refractivity (Wildman–Crippen MR) is 118 cm³/mol. The summed E-state index contributed by atoms with van der Waals surface area (Å²) in [6.07, 6.45) is 0. The standard InChI is InChI=1S/C23H21N3OS/c1-14-4-11-20-21(12-14)28-22(26-20)17-6-9-18(10-7-17)24-23(27)25-19-8-5-15(2)16(3)13-19/h4-13H,1-3H3,(H2,24,25,27).